The van der Waals surface area contributed by atoms with E-state index in [1.807, 2.05) is 6.07 Å². The van der Waals surface area contributed by atoms with E-state index in [1.165, 1.54) is 0 Å². The molecule has 1 aromatic heterocycles. The summed E-state index contributed by atoms with van der Waals surface area (Å²) in [6.45, 7) is 0.702. The number of nitrogens with one attached hydrogen (secondary N) is 2. The van der Waals surface area contributed by atoms with Crippen LogP contribution in [0.1, 0.15) is 24.8 Å². The predicted octanol–water partition coefficient (Wildman–Crippen LogP) is 0.409. The Balaban J connectivity index is 1.88. The van der Waals surface area contributed by atoms with E-state index in [2.05, 4.69) is 15.6 Å². The summed E-state index contributed by atoms with van der Waals surface area (Å²) < 4.78 is 0. The van der Waals surface area contributed by atoms with Crippen LogP contribution in [0.15, 0.2) is 24.5 Å². The van der Waals surface area contributed by atoms with Crippen LogP contribution in [0.3, 0.4) is 0 Å². The molecule has 2 heterocycles. The van der Waals surface area contributed by atoms with Crippen molar-refractivity contribution in [2.45, 2.75) is 31.7 Å². The number of nitrogens with zero attached hydrogens (tertiary/aromatic N) is 1. The summed E-state index contributed by atoms with van der Waals surface area (Å²) in [7, 11) is 0. The van der Waals surface area contributed by atoms with Gasteiger partial charge in [-0.15, -0.1) is 0 Å². The molecule has 1 aliphatic heterocycles. The van der Waals surface area contributed by atoms with Gasteiger partial charge in [-0.05, 0) is 30.9 Å². The van der Waals surface area contributed by atoms with Crippen LogP contribution >= 0.6 is 0 Å². The lowest BCUT2D eigenvalue weighted by molar-refractivity contribution is -0.128. The van der Waals surface area contributed by atoms with Crippen molar-refractivity contribution in [1.29, 1.82) is 0 Å². The Labute approximate surface area is 106 Å². The third-order valence-corrected chi connectivity index (χ3v) is 2.96. The lowest BCUT2D eigenvalue weighted by Gasteiger charge is -2.15. The van der Waals surface area contributed by atoms with Gasteiger partial charge in [0.25, 0.3) is 0 Å². The highest BCUT2D eigenvalue weighted by Gasteiger charge is 2.22. The molecule has 18 heavy (non-hydrogen) atoms. The van der Waals surface area contributed by atoms with Crippen molar-refractivity contribution in [3.63, 3.8) is 0 Å². The third-order valence-electron chi connectivity index (χ3n) is 2.96. The van der Waals surface area contributed by atoms with Gasteiger partial charge in [0.05, 0.1) is 6.42 Å². The van der Waals surface area contributed by atoms with E-state index < -0.39 is 6.04 Å². The van der Waals surface area contributed by atoms with Gasteiger partial charge in [-0.25, -0.2) is 0 Å². The van der Waals surface area contributed by atoms with Gasteiger partial charge in [0.1, 0.15) is 6.04 Å². The van der Waals surface area contributed by atoms with Crippen molar-refractivity contribution in [3.05, 3.63) is 30.1 Å². The van der Waals surface area contributed by atoms with Crippen molar-refractivity contribution in [3.8, 4) is 0 Å². The number of pyridine rings is 1. The van der Waals surface area contributed by atoms with Crippen molar-refractivity contribution in [2.75, 3.05) is 6.54 Å². The lowest BCUT2D eigenvalue weighted by atomic mass is 10.1. The summed E-state index contributed by atoms with van der Waals surface area (Å²) in [5.74, 6) is -0.211. The number of amides is 2. The van der Waals surface area contributed by atoms with E-state index >= 15 is 0 Å². The molecular weight excluding hydrogens is 230 g/mol. The molecule has 1 aromatic rings. The summed E-state index contributed by atoms with van der Waals surface area (Å²) in [6.07, 6.45) is 6.23. The first kappa shape index (κ1) is 12.5. The Morgan fingerprint density at radius 3 is 3.17 bits per heavy atom. The van der Waals surface area contributed by atoms with Gasteiger partial charge in [0.2, 0.25) is 11.8 Å². The number of rotatable bonds is 3. The molecule has 1 saturated heterocycles. The predicted molar refractivity (Wildman–Crippen MR) is 66.7 cm³/mol. The molecule has 0 saturated carbocycles. The fraction of sp³-hybridized carbons (Fsp3) is 0.462. The summed E-state index contributed by atoms with van der Waals surface area (Å²) in [6, 6.07) is 3.25. The standard InChI is InChI=1S/C13H17N3O2/c17-12(8-10-4-3-6-14-9-10)16-11-5-1-2-7-15-13(11)18/h3-4,6,9,11H,1-2,5,7-8H2,(H,15,18)(H,16,17). The molecule has 2 amide bonds. The molecule has 2 N–H and O–H groups in total. The zero-order valence-corrected chi connectivity index (χ0v) is 10.2. The molecule has 0 spiro atoms. The molecule has 2 rings (SSSR count). The van der Waals surface area contributed by atoms with Crippen LogP contribution in [0.5, 0.6) is 0 Å². The molecule has 0 radical (unpaired) electrons. The second-order valence-corrected chi connectivity index (χ2v) is 4.44. The average molecular weight is 247 g/mol. The summed E-state index contributed by atoms with van der Waals surface area (Å²) in [4.78, 5) is 27.4. The highest BCUT2D eigenvalue weighted by atomic mass is 16.2. The normalized spacial score (nSPS) is 19.8. The van der Waals surface area contributed by atoms with Crippen LogP contribution in [0.2, 0.25) is 0 Å². The molecule has 1 fully saturated rings. The Bertz CT molecular complexity index is 420. The molecule has 1 unspecified atom stereocenters. The maximum absolute atomic E-state index is 11.8. The largest absolute Gasteiger partial charge is 0.354 e. The maximum Gasteiger partial charge on any atom is 0.242 e. The van der Waals surface area contributed by atoms with Gasteiger partial charge < -0.3 is 10.6 Å². The average Bonchev–Trinajstić information content (AvgIpc) is 2.56. The maximum atomic E-state index is 11.8. The number of hydrogen-bond donors (Lipinski definition) is 2. The summed E-state index contributed by atoms with van der Waals surface area (Å²) >= 11 is 0. The van der Waals surface area contributed by atoms with Crippen LogP contribution in [-0.2, 0) is 16.0 Å². The topological polar surface area (TPSA) is 71.1 Å². The highest BCUT2D eigenvalue weighted by Crippen LogP contribution is 2.06. The quantitative estimate of drug-likeness (QED) is 0.812. The Morgan fingerprint density at radius 2 is 2.39 bits per heavy atom. The van der Waals surface area contributed by atoms with Gasteiger partial charge in [-0.3, -0.25) is 14.6 Å². The van der Waals surface area contributed by atoms with Gasteiger partial charge in [0, 0.05) is 18.9 Å². The molecule has 0 bridgehead atoms. The zero-order valence-electron chi connectivity index (χ0n) is 10.2. The van der Waals surface area contributed by atoms with Crippen LogP contribution in [0.4, 0.5) is 0 Å². The number of aromatic nitrogens is 1. The van der Waals surface area contributed by atoms with Crippen LogP contribution in [0.25, 0.3) is 0 Å². The summed E-state index contributed by atoms with van der Waals surface area (Å²) in [5, 5.41) is 5.58. The van der Waals surface area contributed by atoms with E-state index in [4.69, 9.17) is 0 Å². The molecule has 5 nitrogen and oxygen atoms in total. The smallest absolute Gasteiger partial charge is 0.242 e. The van der Waals surface area contributed by atoms with Gasteiger partial charge >= 0.3 is 0 Å². The third kappa shape index (κ3) is 3.55. The number of hydrogen-bond acceptors (Lipinski definition) is 3. The molecule has 1 atom stereocenters. The highest BCUT2D eigenvalue weighted by molar-refractivity contribution is 5.88. The summed E-state index contributed by atoms with van der Waals surface area (Å²) in [5.41, 5.74) is 0.851. The van der Waals surface area contributed by atoms with Crippen molar-refractivity contribution >= 4 is 11.8 Å². The van der Waals surface area contributed by atoms with Gasteiger partial charge in [-0.1, -0.05) is 6.07 Å². The first-order valence-electron chi connectivity index (χ1n) is 6.21. The molecular formula is C13H17N3O2. The van der Waals surface area contributed by atoms with Gasteiger partial charge in [-0.2, -0.15) is 0 Å². The first-order chi connectivity index (χ1) is 8.75. The van der Waals surface area contributed by atoms with Crippen LogP contribution < -0.4 is 10.6 Å². The Hall–Kier alpha value is -1.91. The molecule has 96 valence electrons. The molecule has 1 aliphatic rings. The second kappa shape index (κ2) is 6.14. The van der Waals surface area contributed by atoms with Gasteiger partial charge in [0.15, 0.2) is 0 Å². The minimum Gasteiger partial charge on any atom is -0.354 e. The lowest BCUT2D eigenvalue weighted by Crippen LogP contribution is -2.45. The molecule has 0 aromatic carbocycles. The SMILES string of the molecule is O=C(Cc1cccnc1)NC1CCCCNC1=O. The Kier molecular flexibility index (Phi) is 4.28. The zero-order chi connectivity index (χ0) is 12.8. The first-order valence-corrected chi connectivity index (χ1v) is 6.21. The van der Waals surface area contributed by atoms with Crippen molar-refractivity contribution in [1.82, 2.24) is 15.6 Å². The minimum absolute atomic E-state index is 0.0768. The van der Waals surface area contributed by atoms with E-state index in [0.717, 1.165) is 18.4 Å². The second-order valence-electron chi connectivity index (χ2n) is 4.44. The number of carbonyl (C=O) groups is 2. The monoisotopic (exact) mass is 247 g/mol. The Morgan fingerprint density at radius 1 is 1.50 bits per heavy atom. The van der Waals surface area contributed by atoms with E-state index in [-0.39, 0.29) is 18.2 Å². The number of carbonyl (C=O) groups excluding carboxylic acids is 2. The molecule has 0 aliphatic carbocycles. The van der Waals surface area contributed by atoms with E-state index in [1.54, 1.807) is 18.5 Å². The van der Waals surface area contributed by atoms with Crippen molar-refractivity contribution < 1.29 is 9.59 Å². The fourth-order valence-corrected chi connectivity index (χ4v) is 2.01. The van der Waals surface area contributed by atoms with Crippen LogP contribution in [-0.4, -0.2) is 29.4 Å². The van der Waals surface area contributed by atoms with Crippen molar-refractivity contribution in [2.24, 2.45) is 0 Å². The molecule has 5 heteroatoms. The fourth-order valence-electron chi connectivity index (χ4n) is 2.01. The van der Waals surface area contributed by atoms with E-state index in [0.29, 0.717) is 13.0 Å². The van der Waals surface area contributed by atoms with E-state index in [9.17, 15) is 9.59 Å². The van der Waals surface area contributed by atoms with Crippen LogP contribution in [0, 0.1) is 0 Å². The minimum atomic E-state index is -0.392.